The molecule has 0 heterocycles. The zero-order valence-electron chi connectivity index (χ0n) is 11.2. The number of hydrogen-bond donors (Lipinski definition) is 1. The van der Waals surface area contributed by atoms with Crippen molar-refractivity contribution < 1.29 is 4.79 Å². The molecule has 0 spiro atoms. The highest BCUT2D eigenvalue weighted by Gasteiger charge is 2.15. The minimum Gasteiger partial charge on any atom is -0.356 e. The summed E-state index contributed by atoms with van der Waals surface area (Å²) in [7, 11) is 0. The molecule has 1 atom stereocenters. The van der Waals surface area contributed by atoms with E-state index in [2.05, 4.69) is 46.9 Å². The van der Waals surface area contributed by atoms with Crippen LogP contribution in [0.2, 0.25) is 0 Å². The molecule has 0 aliphatic carbocycles. The summed E-state index contributed by atoms with van der Waals surface area (Å²) in [5.74, 6) is 1.56. The maximum absolute atomic E-state index is 11.5. The molecule has 1 amide bonds. The molecule has 90 valence electrons. The van der Waals surface area contributed by atoms with E-state index in [0.717, 1.165) is 13.0 Å². The second-order valence-electron chi connectivity index (χ2n) is 6.10. The number of carbonyl (C=O) groups is 1. The quantitative estimate of drug-likeness (QED) is 0.746. The van der Waals surface area contributed by atoms with Gasteiger partial charge < -0.3 is 5.32 Å². The fourth-order valence-electron chi connectivity index (χ4n) is 1.32. The molecule has 0 aromatic rings. The third kappa shape index (κ3) is 8.46. The maximum atomic E-state index is 11.5. The maximum Gasteiger partial charge on any atom is 0.220 e. The number of amides is 1. The van der Waals surface area contributed by atoms with Gasteiger partial charge in [-0.3, -0.25) is 4.79 Å². The first-order valence-corrected chi connectivity index (χ1v) is 5.99. The lowest BCUT2D eigenvalue weighted by molar-refractivity contribution is -0.122. The first-order chi connectivity index (χ1) is 6.72. The standard InChI is InChI=1S/C13H27NO/c1-10(2)11(3)7-8-14-12(15)9-13(4,5)6/h10-11H,7-9H2,1-6H3,(H,14,15)/t11-/m1/s1. The summed E-state index contributed by atoms with van der Waals surface area (Å²) >= 11 is 0. The fraction of sp³-hybridized carbons (Fsp3) is 0.923. The molecule has 2 nitrogen and oxygen atoms in total. The Morgan fingerprint density at radius 1 is 1.20 bits per heavy atom. The van der Waals surface area contributed by atoms with E-state index in [-0.39, 0.29) is 11.3 Å². The number of nitrogens with one attached hydrogen (secondary N) is 1. The molecular weight excluding hydrogens is 186 g/mol. The van der Waals surface area contributed by atoms with Crippen LogP contribution in [0, 0.1) is 17.3 Å². The molecule has 0 aromatic carbocycles. The van der Waals surface area contributed by atoms with Gasteiger partial charge in [0.05, 0.1) is 0 Å². The van der Waals surface area contributed by atoms with Crippen LogP contribution in [0.15, 0.2) is 0 Å². The van der Waals surface area contributed by atoms with Gasteiger partial charge in [-0.2, -0.15) is 0 Å². The topological polar surface area (TPSA) is 29.1 Å². The minimum absolute atomic E-state index is 0.0910. The van der Waals surface area contributed by atoms with Gasteiger partial charge in [0.15, 0.2) is 0 Å². The zero-order chi connectivity index (χ0) is 12.1. The number of hydrogen-bond acceptors (Lipinski definition) is 1. The molecule has 1 N–H and O–H groups in total. The van der Waals surface area contributed by atoms with Gasteiger partial charge in [-0.05, 0) is 23.7 Å². The van der Waals surface area contributed by atoms with E-state index in [9.17, 15) is 4.79 Å². The van der Waals surface area contributed by atoms with Gasteiger partial charge in [0, 0.05) is 13.0 Å². The van der Waals surface area contributed by atoms with Crippen molar-refractivity contribution in [1.29, 1.82) is 0 Å². The third-order valence-corrected chi connectivity index (χ3v) is 2.75. The zero-order valence-corrected chi connectivity index (χ0v) is 11.2. The molecule has 0 saturated heterocycles. The normalized spacial score (nSPS) is 14.1. The summed E-state index contributed by atoms with van der Waals surface area (Å²) in [6.45, 7) is 13.8. The Bertz CT molecular complexity index is 191. The Kier molecular flexibility index (Phi) is 5.92. The van der Waals surface area contributed by atoms with E-state index in [1.807, 2.05) is 0 Å². The molecule has 0 radical (unpaired) electrons. The van der Waals surface area contributed by atoms with Crippen molar-refractivity contribution in [1.82, 2.24) is 5.32 Å². The van der Waals surface area contributed by atoms with Crippen LogP contribution < -0.4 is 5.32 Å². The average molecular weight is 213 g/mol. The van der Waals surface area contributed by atoms with Crippen LogP contribution in [0.4, 0.5) is 0 Å². The molecule has 0 saturated carbocycles. The van der Waals surface area contributed by atoms with Gasteiger partial charge in [-0.25, -0.2) is 0 Å². The Morgan fingerprint density at radius 2 is 1.73 bits per heavy atom. The predicted octanol–water partition coefficient (Wildman–Crippen LogP) is 3.22. The summed E-state index contributed by atoms with van der Waals surface area (Å²) < 4.78 is 0. The molecule has 2 heteroatoms. The summed E-state index contributed by atoms with van der Waals surface area (Å²) in [5.41, 5.74) is 0.0910. The van der Waals surface area contributed by atoms with Crippen LogP contribution in [0.3, 0.4) is 0 Å². The van der Waals surface area contributed by atoms with Crippen molar-refractivity contribution in [2.24, 2.45) is 17.3 Å². The molecule has 0 aliphatic heterocycles. The van der Waals surface area contributed by atoms with Crippen molar-refractivity contribution in [2.75, 3.05) is 6.54 Å². The lowest BCUT2D eigenvalue weighted by Gasteiger charge is -2.19. The molecule has 0 aromatic heterocycles. The van der Waals surface area contributed by atoms with E-state index in [1.54, 1.807) is 0 Å². The van der Waals surface area contributed by atoms with E-state index >= 15 is 0 Å². The fourth-order valence-corrected chi connectivity index (χ4v) is 1.32. The van der Waals surface area contributed by atoms with Crippen LogP contribution in [0.5, 0.6) is 0 Å². The van der Waals surface area contributed by atoms with E-state index in [1.165, 1.54) is 0 Å². The molecular formula is C13H27NO. The van der Waals surface area contributed by atoms with Crippen LogP contribution in [-0.2, 0) is 4.79 Å². The van der Waals surface area contributed by atoms with Crippen LogP contribution in [-0.4, -0.2) is 12.5 Å². The van der Waals surface area contributed by atoms with E-state index in [4.69, 9.17) is 0 Å². The lowest BCUT2D eigenvalue weighted by atomic mass is 9.91. The van der Waals surface area contributed by atoms with Crippen molar-refractivity contribution in [3.8, 4) is 0 Å². The van der Waals surface area contributed by atoms with Crippen molar-refractivity contribution in [2.45, 2.75) is 54.4 Å². The summed E-state index contributed by atoms with van der Waals surface area (Å²) in [6.07, 6.45) is 1.69. The molecule has 0 unspecified atom stereocenters. The summed E-state index contributed by atoms with van der Waals surface area (Å²) in [4.78, 5) is 11.5. The van der Waals surface area contributed by atoms with Gasteiger partial charge in [-0.15, -0.1) is 0 Å². The SMILES string of the molecule is CC(C)[C@H](C)CCNC(=O)CC(C)(C)C. The second-order valence-corrected chi connectivity index (χ2v) is 6.10. The van der Waals surface area contributed by atoms with Crippen LogP contribution >= 0.6 is 0 Å². The largest absolute Gasteiger partial charge is 0.356 e. The Morgan fingerprint density at radius 3 is 2.13 bits per heavy atom. The summed E-state index contributed by atoms with van der Waals surface area (Å²) in [6, 6.07) is 0. The van der Waals surface area contributed by atoms with Gasteiger partial charge in [0.1, 0.15) is 0 Å². The predicted molar refractivity (Wildman–Crippen MR) is 65.7 cm³/mol. The first kappa shape index (κ1) is 14.5. The second kappa shape index (κ2) is 6.14. The summed E-state index contributed by atoms with van der Waals surface area (Å²) in [5, 5.41) is 2.99. The molecule has 0 fully saturated rings. The molecule has 0 bridgehead atoms. The smallest absolute Gasteiger partial charge is 0.220 e. The highest BCUT2D eigenvalue weighted by Crippen LogP contribution is 2.18. The van der Waals surface area contributed by atoms with Gasteiger partial charge in [0.25, 0.3) is 0 Å². The van der Waals surface area contributed by atoms with Crippen LogP contribution in [0.1, 0.15) is 54.4 Å². The van der Waals surface area contributed by atoms with Crippen molar-refractivity contribution >= 4 is 5.91 Å². The van der Waals surface area contributed by atoms with Crippen molar-refractivity contribution in [3.05, 3.63) is 0 Å². The highest BCUT2D eigenvalue weighted by molar-refractivity contribution is 5.76. The third-order valence-electron chi connectivity index (χ3n) is 2.75. The average Bonchev–Trinajstić information content (AvgIpc) is 2.00. The molecule has 15 heavy (non-hydrogen) atoms. The highest BCUT2D eigenvalue weighted by atomic mass is 16.1. The Balaban J connectivity index is 3.65. The minimum atomic E-state index is 0.0910. The molecule has 0 aliphatic rings. The lowest BCUT2D eigenvalue weighted by Crippen LogP contribution is -2.29. The van der Waals surface area contributed by atoms with Crippen LogP contribution in [0.25, 0.3) is 0 Å². The van der Waals surface area contributed by atoms with E-state index < -0.39 is 0 Å². The molecule has 0 rings (SSSR count). The van der Waals surface area contributed by atoms with Gasteiger partial charge in [0.2, 0.25) is 5.91 Å². The van der Waals surface area contributed by atoms with Gasteiger partial charge >= 0.3 is 0 Å². The monoisotopic (exact) mass is 213 g/mol. The van der Waals surface area contributed by atoms with Crippen molar-refractivity contribution in [3.63, 3.8) is 0 Å². The number of rotatable bonds is 5. The number of carbonyl (C=O) groups excluding carboxylic acids is 1. The van der Waals surface area contributed by atoms with E-state index in [0.29, 0.717) is 18.3 Å². The van der Waals surface area contributed by atoms with Gasteiger partial charge in [-0.1, -0.05) is 41.5 Å². The first-order valence-electron chi connectivity index (χ1n) is 5.99. The Labute approximate surface area is 94.8 Å². The Hall–Kier alpha value is -0.530.